The molecule has 3 aromatic rings. The van der Waals surface area contributed by atoms with Crippen LogP contribution in [0.5, 0.6) is 0 Å². The first-order valence-corrected chi connectivity index (χ1v) is 7.19. The van der Waals surface area contributed by atoms with Gasteiger partial charge in [0.1, 0.15) is 12.3 Å². The predicted molar refractivity (Wildman–Crippen MR) is 84.5 cm³/mol. The van der Waals surface area contributed by atoms with Crippen LogP contribution in [0.1, 0.15) is 11.3 Å². The van der Waals surface area contributed by atoms with Crippen LogP contribution in [0.3, 0.4) is 0 Å². The van der Waals surface area contributed by atoms with Crippen molar-refractivity contribution in [2.75, 3.05) is 0 Å². The number of aromatic nitrogens is 1. The molecular weight excluding hydrogens is 318 g/mol. The summed E-state index contributed by atoms with van der Waals surface area (Å²) in [5.41, 5.74) is 1.24. The highest BCUT2D eigenvalue weighted by Gasteiger charge is 2.10. The Morgan fingerprint density at radius 3 is 2.87 bits per heavy atom. The second-order valence-electron chi connectivity index (χ2n) is 4.62. The molecule has 0 radical (unpaired) electrons. The van der Waals surface area contributed by atoms with E-state index in [9.17, 15) is 4.79 Å². The number of hydrogen-bond donors (Lipinski definition) is 0. The molecule has 0 N–H and O–H groups in total. The third-order valence-corrected chi connectivity index (χ3v) is 3.33. The molecule has 23 heavy (non-hydrogen) atoms. The van der Waals surface area contributed by atoms with Gasteiger partial charge in [0.25, 0.3) is 0 Å². The number of nitrogens with zero attached hydrogens (tertiary/aromatic N) is 1. The molecule has 0 fully saturated rings. The predicted octanol–water partition coefficient (Wildman–Crippen LogP) is 4.34. The van der Waals surface area contributed by atoms with Gasteiger partial charge < -0.3 is 13.7 Å². The van der Waals surface area contributed by atoms with E-state index in [1.54, 1.807) is 36.4 Å². The first kappa shape index (κ1) is 15.1. The number of ether oxygens (including phenoxy) is 1. The summed E-state index contributed by atoms with van der Waals surface area (Å²) in [6, 6.07) is 12.4. The molecule has 0 aliphatic carbocycles. The molecule has 3 rings (SSSR count). The molecule has 1 aromatic carbocycles. The van der Waals surface area contributed by atoms with E-state index >= 15 is 0 Å². The SMILES string of the molecule is O=C(/C=C/c1ccccc1Cl)OCc1cc(-c2ccco2)on1. The third kappa shape index (κ3) is 3.90. The van der Waals surface area contributed by atoms with Gasteiger partial charge in [-0.25, -0.2) is 4.79 Å². The summed E-state index contributed by atoms with van der Waals surface area (Å²) in [6.07, 6.45) is 4.45. The van der Waals surface area contributed by atoms with Gasteiger partial charge in [0.2, 0.25) is 5.76 Å². The zero-order valence-corrected chi connectivity index (χ0v) is 12.7. The second kappa shape index (κ2) is 6.98. The summed E-state index contributed by atoms with van der Waals surface area (Å²) < 4.78 is 15.4. The van der Waals surface area contributed by atoms with Crippen LogP contribution in [0.4, 0.5) is 0 Å². The monoisotopic (exact) mass is 329 g/mol. The highest BCUT2D eigenvalue weighted by molar-refractivity contribution is 6.32. The molecule has 0 unspecified atom stereocenters. The van der Waals surface area contributed by atoms with Crippen LogP contribution in [-0.4, -0.2) is 11.1 Å². The van der Waals surface area contributed by atoms with E-state index in [0.717, 1.165) is 5.56 Å². The van der Waals surface area contributed by atoms with Crippen LogP contribution in [0.2, 0.25) is 5.02 Å². The molecule has 6 heteroatoms. The quantitative estimate of drug-likeness (QED) is 0.514. The molecule has 0 aliphatic heterocycles. The Bertz CT molecular complexity index is 821. The molecule has 0 spiro atoms. The molecule has 0 amide bonds. The zero-order valence-electron chi connectivity index (χ0n) is 11.9. The van der Waals surface area contributed by atoms with Gasteiger partial charge in [-0.3, -0.25) is 0 Å². The third-order valence-electron chi connectivity index (χ3n) is 2.99. The number of hydrogen-bond acceptors (Lipinski definition) is 5. The first-order chi connectivity index (χ1) is 11.2. The summed E-state index contributed by atoms with van der Waals surface area (Å²) in [5.74, 6) is 0.550. The van der Waals surface area contributed by atoms with Gasteiger partial charge in [-0.15, -0.1) is 0 Å². The van der Waals surface area contributed by atoms with Crippen molar-refractivity contribution in [2.24, 2.45) is 0 Å². The number of carbonyl (C=O) groups is 1. The lowest BCUT2D eigenvalue weighted by Gasteiger charge is -1.98. The van der Waals surface area contributed by atoms with Crippen LogP contribution >= 0.6 is 11.6 Å². The summed E-state index contributed by atoms with van der Waals surface area (Å²) in [7, 11) is 0. The molecule has 0 bridgehead atoms. The Labute approximate surface area is 137 Å². The minimum Gasteiger partial charge on any atom is -0.461 e. The fourth-order valence-electron chi connectivity index (χ4n) is 1.88. The standard InChI is InChI=1S/C17H12ClNO4/c18-14-5-2-1-4-12(14)7-8-17(20)22-11-13-10-16(23-19-13)15-6-3-9-21-15/h1-10H,11H2/b8-7+. The van der Waals surface area contributed by atoms with Gasteiger partial charge >= 0.3 is 5.97 Å². The molecule has 0 saturated heterocycles. The van der Waals surface area contributed by atoms with Crippen molar-refractivity contribution in [1.29, 1.82) is 0 Å². The van der Waals surface area contributed by atoms with E-state index < -0.39 is 5.97 Å². The lowest BCUT2D eigenvalue weighted by atomic mass is 10.2. The summed E-state index contributed by atoms with van der Waals surface area (Å²) in [6.45, 7) is 0.00983. The Balaban J connectivity index is 1.56. The van der Waals surface area contributed by atoms with Crippen LogP contribution in [0.15, 0.2) is 63.7 Å². The van der Waals surface area contributed by atoms with Gasteiger partial charge in [-0.05, 0) is 29.8 Å². The van der Waals surface area contributed by atoms with Crippen LogP contribution in [0, 0.1) is 0 Å². The molecular formula is C17H12ClNO4. The summed E-state index contributed by atoms with van der Waals surface area (Å²) >= 11 is 6.00. The number of halogens is 1. The highest BCUT2D eigenvalue weighted by atomic mass is 35.5. The largest absolute Gasteiger partial charge is 0.461 e. The van der Waals surface area contributed by atoms with Gasteiger partial charge in [-0.1, -0.05) is 35.0 Å². The normalized spacial score (nSPS) is 11.0. The minimum atomic E-state index is -0.493. The van der Waals surface area contributed by atoms with E-state index in [1.165, 1.54) is 12.3 Å². The average Bonchev–Trinajstić information content (AvgIpc) is 3.23. The van der Waals surface area contributed by atoms with Crippen molar-refractivity contribution in [3.63, 3.8) is 0 Å². The van der Waals surface area contributed by atoms with Gasteiger partial charge in [0, 0.05) is 17.2 Å². The molecule has 0 aliphatic rings. The van der Waals surface area contributed by atoms with Gasteiger partial charge in [-0.2, -0.15) is 0 Å². The maximum absolute atomic E-state index is 11.7. The van der Waals surface area contributed by atoms with Crippen molar-refractivity contribution >= 4 is 23.6 Å². The maximum atomic E-state index is 11.7. The van der Waals surface area contributed by atoms with Crippen molar-refractivity contribution in [3.05, 3.63) is 71.1 Å². The van der Waals surface area contributed by atoms with Gasteiger partial charge in [0.15, 0.2) is 5.76 Å². The number of furan rings is 1. The van der Waals surface area contributed by atoms with Crippen molar-refractivity contribution < 1.29 is 18.5 Å². The van der Waals surface area contributed by atoms with Crippen molar-refractivity contribution in [1.82, 2.24) is 5.16 Å². The molecule has 2 aromatic heterocycles. The number of rotatable bonds is 5. The molecule has 0 saturated carbocycles. The number of carbonyl (C=O) groups excluding carboxylic acids is 1. The molecule has 2 heterocycles. The van der Waals surface area contributed by atoms with Crippen LogP contribution in [0.25, 0.3) is 17.6 Å². The lowest BCUT2D eigenvalue weighted by Crippen LogP contribution is -2.00. The fraction of sp³-hybridized carbons (Fsp3) is 0.0588. The average molecular weight is 330 g/mol. The molecule has 116 valence electrons. The zero-order chi connectivity index (χ0) is 16.1. The highest BCUT2D eigenvalue weighted by Crippen LogP contribution is 2.21. The van der Waals surface area contributed by atoms with E-state index in [0.29, 0.717) is 22.2 Å². The fourth-order valence-corrected chi connectivity index (χ4v) is 2.07. The van der Waals surface area contributed by atoms with E-state index in [-0.39, 0.29) is 6.61 Å². The Kier molecular flexibility index (Phi) is 4.59. The minimum absolute atomic E-state index is 0.00983. The smallest absolute Gasteiger partial charge is 0.331 e. The molecule has 5 nitrogen and oxygen atoms in total. The Morgan fingerprint density at radius 2 is 2.09 bits per heavy atom. The maximum Gasteiger partial charge on any atom is 0.331 e. The Hall–Kier alpha value is -2.79. The van der Waals surface area contributed by atoms with E-state index in [2.05, 4.69) is 5.16 Å². The van der Waals surface area contributed by atoms with Crippen LogP contribution in [-0.2, 0) is 16.1 Å². The second-order valence-corrected chi connectivity index (χ2v) is 5.03. The van der Waals surface area contributed by atoms with Crippen molar-refractivity contribution in [2.45, 2.75) is 6.61 Å². The lowest BCUT2D eigenvalue weighted by molar-refractivity contribution is -0.139. The first-order valence-electron chi connectivity index (χ1n) is 6.81. The van der Waals surface area contributed by atoms with Crippen LogP contribution < -0.4 is 0 Å². The topological polar surface area (TPSA) is 65.5 Å². The van der Waals surface area contributed by atoms with Gasteiger partial charge in [0.05, 0.1) is 6.26 Å². The molecule has 0 atom stereocenters. The van der Waals surface area contributed by atoms with E-state index in [1.807, 2.05) is 12.1 Å². The van der Waals surface area contributed by atoms with E-state index in [4.69, 9.17) is 25.3 Å². The number of benzene rings is 1. The van der Waals surface area contributed by atoms with Crippen molar-refractivity contribution in [3.8, 4) is 11.5 Å². The summed E-state index contributed by atoms with van der Waals surface area (Å²) in [4.78, 5) is 11.7. The number of esters is 1. The Morgan fingerprint density at radius 1 is 1.22 bits per heavy atom. The summed E-state index contributed by atoms with van der Waals surface area (Å²) in [5, 5.41) is 4.38.